The molecule has 0 radical (unpaired) electrons. The Bertz CT molecular complexity index is 432. The van der Waals surface area contributed by atoms with E-state index >= 15 is 0 Å². The van der Waals surface area contributed by atoms with Gasteiger partial charge in [0.15, 0.2) is 0 Å². The minimum absolute atomic E-state index is 0.0929. The van der Waals surface area contributed by atoms with Gasteiger partial charge in [-0.15, -0.1) is 0 Å². The second-order valence-corrected chi connectivity index (χ2v) is 5.38. The summed E-state index contributed by atoms with van der Waals surface area (Å²) >= 11 is 0. The number of nitrogen functional groups attached to an aromatic ring is 1. The predicted octanol–water partition coefficient (Wildman–Crippen LogP) is 1.94. The van der Waals surface area contributed by atoms with E-state index in [0.717, 1.165) is 0 Å². The molecule has 0 spiro atoms. The van der Waals surface area contributed by atoms with E-state index in [4.69, 9.17) is 5.73 Å². The van der Waals surface area contributed by atoms with Gasteiger partial charge in [-0.2, -0.15) is 0 Å². The molecule has 0 amide bonds. The summed E-state index contributed by atoms with van der Waals surface area (Å²) in [6, 6.07) is 4.28. The highest BCUT2D eigenvalue weighted by molar-refractivity contribution is 7.85. The van der Waals surface area contributed by atoms with Gasteiger partial charge in [0.2, 0.25) is 0 Å². The van der Waals surface area contributed by atoms with Crippen molar-refractivity contribution in [1.29, 1.82) is 0 Å². The van der Waals surface area contributed by atoms with Crippen LogP contribution in [0.1, 0.15) is 13.8 Å². The Balaban J connectivity index is 3.03. The van der Waals surface area contributed by atoms with Crippen molar-refractivity contribution >= 4 is 22.2 Å². The van der Waals surface area contributed by atoms with Gasteiger partial charge in [0, 0.05) is 16.7 Å². The van der Waals surface area contributed by atoms with Crippen LogP contribution >= 0.6 is 0 Å². The Labute approximate surface area is 96.3 Å². The third kappa shape index (κ3) is 3.03. The summed E-state index contributed by atoms with van der Waals surface area (Å²) in [4.78, 5) is 10.5. The highest BCUT2D eigenvalue weighted by Gasteiger charge is 2.15. The maximum atomic E-state index is 11.8. The summed E-state index contributed by atoms with van der Waals surface area (Å²) in [6.07, 6.45) is 0. The molecule has 1 atom stereocenters. The number of nitro groups is 1. The van der Waals surface area contributed by atoms with Crippen molar-refractivity contribution in [3.63, 3.8) is 0 Å². The first-order valence-electron chi connectivity index (χ1n) is 4.84. The zero-order chi connectivity index (χ0) is 12.3. The van der Waals surface area contributed by atoms with Gasteiger partial charge in [-0.1, -0.05) is 13.8 Å². The lowest BCUT2D eigenvalue weighted by Gasteiger charge is -2.05. The fourth-order valence-corrected chi connectivity index (χ4v) is 2.48. The Morgan fingerprint density at radius 2 is 2.12 bits per heavy atom. The first-order chi connectivity index (χ1) is 7.41. The molecule has 88 valence electrons. The minimum atomic E-state index is -1.21. The Morgan fingerprint density at radius 3 is 2.62 bits per heavy atom. The predicted molar refractivity (Wildman–Crippen MR) is 63.6 cm³/mol. The molecule has 16 heavy (non-hydrogen) atoms. The number of nitro benzene ring substituents is 1. The molecule has 0 bridgehead atoms. The van der Waals surface area contributed by atoms with Crippen LogP contribution in [0.2, 0.25) is 0 Å². The molecule has 0 aromatic heterocycles. The molecule has 1 unspecified atom stereocenters. The van der Waals surface area contributed by atoms with Gasteiger partial charge in [-0.3, -0.25) is 14.3 Å². The monoisotopic (exact) mass is 242 g/mol. The molecule has 0 saturated heterocycles. The molecule has 1 rings (SSSR count). The SMILES string of the molecule is CC(C)CS(=O)c1ccc(N)c([N+](=O)[O-])c1. The van der Waals surface area contributed by atoms with E-state index < -0.39 is 15.7 Å². The third-order valence-electron chi connectivity index (χ3n) is 1.95. The van der Waals surface area contributed by atoms with Crippen molar-refractivity contribution in [2.75, 3.05) is 11.5 Å². The molecular formula is C10H14N2O3S. The number of hydrogen-bond donors (Lipinski definition) is 1. The molecule has 0 aliphatic heterocycles. The summed E-state index contributed by atoms with van der Waals surface area (Å²) in [5.74, 6) is 0.763. The van der Waals surface area contributed by atoms with E-state index in [2.05, 4.69) is 0 Å². The number of benzene rings is 1. The normalized spacial score (nSPS) is 12.7. The van der Waals surface area contributed by atoms with Crippen LogP contribution in [0.25, 0.3) is 0 Å². The topological polar surface area (TPSA) is 86.2 Å². The Hall–Kier alpha value is -1.43. The highest BCUT2D eigenvalue weighted by Crippen LogP contribution is 2.24. The van der Waals surface area contributed by atoms with Gasteiger partial charge in [-0.25, -0.2) is 0 Å². The zero-order valence-corrected chi connectivity index (χ0v) is 9.99. The van der Waals surface area contributed by atoms with Crippen molar-refractivity contribution in [3.05, 3.63) is 28.3 Å². The molecule has 5 nitrogen and oxygen atoms in total. The van der Waals surface area contributed by atoms with Crippen LogP contribution in [0.5, 0.6) is 0 Å². The second-order valence-electron chi connectivity index (χ2n) is 3.88. The number of nitrogens with two attached hydrogens (primary N) is 1. The molecule has 2 N–H and O–H groups in total. The summed E-state index contributed by atoms with van der Waals surface area (Å²) in [5, 5.41) is 10.6. The summed E-state index contributed by atoms with van der Waals surface area (Å²) in [5.41, 5.74) is 5.36. The maximum absolute atomic E-state index is 11.8. The number of hydrogen-bond acceptors (Lipinski definition) is 4. The lowest BCUT2D eigenvalue weighted by Crippen LogP contribution is -2.05. The first kappa shape index (κ1) is 12.6. The van der Waals surface area contributed by atoms with Crippen molar-refractivity contribution in [1.82, 2.24) is 0 Å². The van der Waals surface area contributed by atoms with Crippen LogP contribution in [-0.2, 0) is 10.8 Å². The quantitative estimate of drug-likeness (QED) is 0.496. The van der Waals surface area contributed by atoms with Gasteiger partial charge in [0.25, 0.3) is 5.69 Å². The van der Waals surface area contributed by atoms with Gasteiger partial charge >= 0.3 is 0 Å². The summed E-state index contributed by atoms with van der Waals surface area (Å²) in [7, 11) is -1.21. The Morgan fingerprint density at radius 1 is 1.50 bits per heavy atom. The molecule has 0 heterocycles. The largest absolute Gasteiger partial charge is 0.393 e. The number of rotatable bonds is 4. The maximum Gasteiger partial charge on any atom is 0.293 e. The molecule has 6 heteroatoms. The standard InChI is InChI=1S/C10H14N2O3S/c1-7(2)6-16(15)8-3-4-9(11)10(5-8)12(13)14/h3-5,7H,6,11H2,1-2H3. The lowest BCUT2D eigenvalue weighted by molar-refractivity contribution is -0.384. The zero-order valence-electron chi connectivity index (χ0n) is 9.17. The Kier molecular flexibility index (Phi) is 4.00. The molecule has 0 aliphatic rings. The molecular weight excluding hydrogens is 228 g/mol. The van der Waals surface area contributed by atoms with Crippen molar-refractivity contribution in [2.24, 2.45) is 5.92 Å². The van der Waals surface area contributed by atoms with Crippen LogP contribution in [0.15, 0.2) is 23.1 Å². The summed E-state index contributed by atoms with van der Waals surface area (Å²) in [6.45, 7) is 3.90. The molecule has 0 aliphatic carbocycles. The van der Waals surface area contributed by atoms with E-state index in [1.165, 1.54) is 12.1 Å². The van der Waals surface area contributed by atoms with E-state index in [-0.39, 0.29) is 17.3 Å². The van der Waals surface area contributed by atoms with Crippen molar-refractivity contribution < 1.29 is 9.13 Å². The fourth-order valence-electron chi connectivity index (χ4n) is 1.22. The van der Waals surface area contributed by atoms with E-state index in [1.807, 2.05) is 13.8 Å². The van der Waals surface area contributed by atoms with E-state index in [9.17, 15) is 14.3 Å². The average molecular weight is 242 g/mol. The van der Waals surface area contributed by atoms with Crippen molar-refractivity contribution in [3.8, 4) is 0 Å². The third-order valence-corrected chi connectivity index (χ3v) is 3.70. The van der Waals surface area contributed by atoms with Crippen molar-refractivity contribution in [2.45, 2.75) is 18.7 Å². The number of anilines is 1. The van der Waals surface area contributed by atoms with Gasteiger partial charge in [0.05, 0.1) is 15.7 Å². The molecule has 0 saturated carbocycles. The van der Waals surface area contributed by atoms with Crippen LogP contribution in [-0.4, -0.2) is 14.9 Å². The fraction of sp³-hybridized carbons (Fsp3) is 0.400. The van der Waals surface area contributed by atoms with Gasteiger partial charge in [-0.05, 0) is 18.1 Å². The van der Waals surface area contributed by atoms with E-state index in [0.29, 0.717) is 10.6 Å². The average Bonchev–Trinajstić information content (AvgIpc) is 2.16. The van der Waals surface area contributed by atoms with Crippen LogP contribution < -0.4 is 5.73 Å². The van der Waals surface area contributed by atoms with Crippen LogP contribution in [0.3, 0.4) is 0 Å². The minimum Gasteiger partial charge on any atom is -0.393 e. The second kappa shape index (κ2) is 5.07. The van der Waals surface area contributed by atoms with Gasteiger partial charge < -0.3 is 5.73 Å². The van der Waals surface area contributed by atoms with Crippen LogP contribution in [0, 0.1) is 16.0 Å². The molecule has 1 aromatic carbocycles. The van der Waals surface area contributed by atoms with Gasteiger partial charge in [0.1, 0.15) is 5.69 Å². The summed E-state index contributed by atoms with van der Waals surface area (Å²) < 4.78 is 11.8. The van der Waals surface area contributed by atoms with Crippen LogP contribution in [0.4, 0.5) is 11.4 Å². The lowest BCUT2D eigenvalue weighted by atomic mass is 10.3. The first-order valence-corrected chi connectivity index (χ1v) is 6.16. The van der Waals surface area contributed by atoms with E-state index in [1.54, 1.807) is 6.07 Å². The number of nitrogens with zero attached hydrogens (tertiary/aromatic N) is 1. The highest BCUT2D eigenvalue weighted by atomic mass is 32.2. The molecule has 1 aromatic rings. The molecule has 0 fully saturated rings. The smallest absolute Gasteiger partial charge is 0.293 e.